The summed E-state index contributed by atoms with van der Waals surface area (Å²) >= 11 is 0. The molecule has 0 spiro atoms. The highest BCUT2D eigenvalue weighted by atomic mass is 16.4. The zero-order chi connectivity index (χ0) is 17.4. The molecule has 0 bridgehead atoms. The second-order valence-electron chi connectivity index (χ2n) is 6.41. The first-order valence-corrected chi connectivity index (χ1v) is 8.32. The Morgan fingerprint density at radius 1 is 1.12 bits per heavy atom. The Bertz CT molecular complexity index is 960. The Hall–Kier alpha value is -3.08. The fourth-order valence-electron chi connectivity index (χ4n) is 3.61. The molecule has 5 heteroatoms. The minimum Gasteiger partial charge on any atom is -0.478 e. The van der Waals surface area contributed by atoms with Crippen LogP contribution < -0.4 is 0 Å². The SMILES string of the molecule is O=C(O)c1ccccc1[C@H]1CCN(C(=O)c2ccc3cc[nH]c3c2)C1. The van der Waals surface area contributed by atoms with Crippen molar-refractivity contribution in [3.8, 4) is 0 Å². The number of benzene rings is 2. The fraction of sp³-hybridized carbons (Fsp3) is 0.200. The molecule has 0 radical (unpaired) electrons. The number of H-pyrrole nitrogens is 1. The largest absolute Gasteiger partial charge is 0.478 e. The molecule has 1 aromatic heterocycles. The van der Waals surface area contributed by atoms with Crippen LogP contribution in [0.1, 0.15) is 38.6 Å². The third-order valence-corrected chi connectivity index (χ3v) is 4.91. The molecule has 3 aromatic rings. The normalized spacial score (nSPS) is 17.1. The molecule has 25 heavy (non-hydrogen) atoms. The van der Waals surface area contributed by atoms with E-state index in [-0.39, 0.29) is 11.8 Å². The van der Waals surface area contributed by atoms with Crippen molar-refractivity contribution in [1.82, 2.24) is 9.88 Å². The first-order valence-electron chi connectivity index (χ1n) is 8.32. The van der Waals surface area contributed by atoms with Crippen LogP contribution in [0, 0.1) is 0 Å². The van der Waals surface area contributed by atoms with E-state index in [0.29, 0.717) is 24.2 Å². The number of carboxylic acid groups (broad SMARTS) is 1. The third kappa shape index (κ3) is 2.78. The van der Waals surface area contributed by atoms with Gasteiger partial charge in [0, 0.05) is 36.3 Å². The summed E-state index contributed by atoms with van der Waals surface area (Å²) < 4.78 is 0. The average Bonchev–Trinajstić information content (AvgIpc) is 3.29. The van der Waals surface area contributed by atoms with Gasteiger partial charge in [-0.2, -0.15) is 0 Å². The van der Waals surface area contributed by atoms with Crippen LogP contribution in [0.25, 0.3) is 10.9 Å². The van der Waals surface area contributed by atoms with Crippen molar-refractivity contribution >= 4 is 22.8 Å². The molecule has 1 aliphatic rings. The zero-order valence-electron chi connectivity index (χ0n) is 13.6. The number of hydrogen-bond acceptors (Lipinski definition) is 2. The third-order valence-electron chi connectivity index (χ3n) is 4.91. The number of carboxylic acids is 1. The van der Waals surface area contributed by atoms with E-state index in [2.05, 4.69) is 4.98 Å². The Kier molecular flexibility index (Phi) is 3.76. The smallest absolute Gasteiger partial charge is 0.335 e. The van der Waals surface area contributed by atoms with Crippen LogP contribution in [0.15, 0.2) is 54.7 Å². The monoisotopic (exact) mass is 334 g/mol. The molecule has 2 aromatic carbocycles. The quantitative estimate of drug-likeness (QED) is 0.770. The number of aromatic nitrogens is 1. The highest BCUT2D eigenvalue weighted by Crippen LogP contribution is 2.30. The number of aromatic amines is 1. The number of aromatic carboxylic acids is 1. The van der Waals surface area contributed by atoms with Gasteiger partial charge in [-0.05, 0) is 41.6 Å². The van der Waals surface area contributed by atoms with Crippen molar-refractivity contribution in [2.24, 2.45) is 0 Å². The maximum atomic E-state index is 12.8. The minimum atomic E-state index is -0.919. The number of nitrogens with zero attached hydrogens (tertiary/aromatic N) is 1. The summed E-state index contributed by atoms with van der Waals surface area (Å²) in [5.41, 5.74) is 2.74. The first-order chi connectivity index (χ1) is 12.1. The topological polar surface area (TPSA) is 73.4 Å². The van der Waals surface area contributed by atoms with E-state index >= 15 is 0 Å². The van der Waals surface area contributed by atoms with E-state index in [1.54, 1.807) is 12.1 Å². The molecule has 1 amide bonds. The van der Waals surface area contributed by atoms with E-state index in [4.69, 9.17) is 0 Å². The van der Waals surface area contributed by atoms with Gasteiger partial charge >= 0.3 is 5.97 Å². The molecule has 5 nitrogen and oxygen atoms in total. The van der Waals surface area contributed by atoms with Crippen molar-refractivity contribution in [3.63, 3.8) is 0 Å². The van der Waals surface area contributed by atoms with Crippen molar-refractivity contribution in [3.05, 3.63) is 71.4 Å². The van der Waals surface area contributed by atoms with E-state index in [0.717, 1.165) is 22.9 Å². The number of hydrogen-bond donors (Lipinski definition) is 2. The molecule has 1 atom stereocenters. The van der Waals surface area contributed by atoms with Gasteiger partial charge in [-0.3, -0.25) is 4.79 Å². The minimum absolute atomic E-state index is 0.00759. The highest BCUT2D eigenvalue weighted by molar-refractivity contribution is 5.98. The van der Waals surface area contributed by atoms with Crippen LogP contribution >= 0.6 is 0 Å². The summed E-state index contributed by atoms with van der Waals surface area (Å²) in [6.45, 7) is 1.19. The van der Waals surface area contributed by atoms with Gasteiger partial charge in [-0.15, -0.1) is 0 Å². The van der Waals surface area contributed by atoms with Gasteiger partial charge in [0.25, 0.3) is 5.91 Å². The number of carbonyl (C=O) groups is 2. The number of fused-ring (bicyclic) bond motifs is 1. The van der Waals surface area contributed by atoms with E-state index in [1.807, 2.05) is 47.5 Å². The summed E-state index contributed by atoms with van der Waals surface area (Å²) in [7, 11) is 0. The molecule has 0 unspecified atom stereocenters. The first kappa shape index (κ1) is 15.4. The number of rotatable bonds is 3. The zero-order valence-corrected chi connectivity index (χ0v) is 13.6. The van der Waals surface area contributed by atoms with E-state index in [9.17, 15) is 14.7 Å². The fourth-order valence-corrected chi connectivity index (χ4v) is 3.61. The van der Waals surface area contributed by atoms with Crippen molar-refractivity contribution in [2.45, 2.75) is 12.3 Å². The van der Waals surface area contributed by atoms with Gasteiger partial charge in [0.15, 0.2) is 0 Å². The summed E-state index contributed by atoms with van der Waals surface area (Å²) in [5.74, 6) is -0.866. The molecule has 4 rings (SSSR count). The van der Waals surface area contributed by atoms with Crippen LogP contribution in [-0.4, -0.2) is 40.0 Å². The molecule has 0 saturated carbocycles. The lowest BCUT2D eigenvalue weighted by molar-refractivity contribution is 0.0695. The lowest BCUT2D eigenvalue weighted by Gasteiger charge is -2.17. The van der Waals surface area contributed by atoms with Gasteiger partial charge in [0.2, 0.25) is 0 Å². The molecule has 1 saturated heterocycles. The van der Waals surface area contributed by atoms with Crippen LogP contribution in [-0.2, 0) is 0 Å². The maximum absolute atomic E-state index is 12.8. The van der Waals surface area contributed by atoms with Gasteiger partial charge in [0.1, 0.15) is 0 Å². The predicted octanol–water partition coefficient (Wildman–Crippen LogP) is 3.50. The maximum Gasteiger partial charge on any atom is 0.335 e. The Labute approximate surface area is 144 Å². The van der Waals surface area contributed by atoms with Crippen LogP contribution in [0.2, 0.25) is 0 Å². The summed E-state index contributed by atoms with van der Waals surface area (Å²) in [4.78, 5) is 29.2. The summed E-state index contributed by atoms with van der Waals surface area (Å²) in [6.07, 6.45) is 2.63. The molecule has 2 N–H and O–H groups in total. The predicted molar refractivity (Wildman–Crippen MR) is 95.0 cm³/mol. The number of carbonyl (C=O) groups excluding carboxylic acids is 1. The van der Waals surface area contributed by atoms with E-state index in [1.165, 1.54) is 0 Å². The lowest BCUT2D eigenvalue weighted by atomic mass is 9.93. The average molecular weight is 334 g/mol. The van der Waals surface area contributed by atoms with Gasteiger partial charge in [0.05, 0.1) is 5.56 Å². The van der Waals surface area contributed by atoms with Gasteiger partial charge < -0.3 is 15.0 Å². The van der Waals surface area contributed by atoms with Gasteiger partial charge in [-0.1, -0.05) is 24.3 Å². The highest BCUT2D eigenvalue weighted by Gasteiger charge is 2.30. The molecular weight excluding hydrogens is 316 g/mol. The Balaban J connectivity index is 1.56. The van der Waals surface area contributed by atoms with Crippen LogP contribution in [0.5, 0.6) is 0 Å². The number of nitrogens with one attached hydrogen (secondary N) is 1. The molecule has 0 aliphatic carbocycles. The summed E-state index contributed by atoms with van der Waals surface area (Å²) in [6, 6.07) is 14.7. The van der Waals surface area contributed by atoms with Crippen LogP contribution in [0.3, 0.4) is 0 Å². The second kappa shape index (κ2) is 6.09. The van der Waals surface area contributed by atoms with Crippen molar-refractivity contribution < 1.29 is 14.7 Å². The Morgan fingerprint density at radius 2 is 1.96 bits per heavy atom. The van der Waals surface area contributed by atoms with Crippen molar-refractivity contribution in [1.29, 1.82) is 0 Å². The molecule has 126 valence electrons. The Morgan fingerprint density at radius 3 is 2.80 bits per heavy atom. The number of amides is 1. The summed E-state index contributed by atoms with van der Waals surface area (Å²) in [5, 5.41) is 10.5. The molecule has 2 heterocycles. The van der Waals surface area contributed by atoms with Crippen molar-refractivity contribution in [2.75, 3.05) is 13.1 Å². The van der Waals surface area contributed by atoms with E-state index < -0.39 is 5.97 Å². The van der Waals surface area contributed by atoms with Crippen LogP contribution in [0.4, 0.5) is 0 Å². The molecule has 1 aliphatic heterocycles. The second-order valence-corrected chi connectivity index (χ2v) is 6.41. The molecular formula is C20H18N2O3. The van der Waals surface area contributed by atoms with Gasteiger partial charge in [-0.25, -0.2) is 4.79 Å². The molecule has 1 fully saturated rings. The standard InChI is InChI=1S/C20H18N2O3/c23-19(14-6-5-13-7-9-21-18(13)11-14)22-10-8-15(12-22)16-3-1-2-4-17(16)20(24)25/h1-7,9,11,15,21H,8,10,12H2,(H,24,25)/t15-/m0/s1. The number of likely N-dealkylation sites (tertiary alicyclic amines) is 1. The lowest BCUT2D eigenvalue weighted by Crippen LogP contribution is -2.28.